The first-order valence-electron chi connectivity index (χ1n) is 9.40. The van der Waals surface area contributed by atoms with Gasteiger partial charge in [0.2, 0.25) is 11.8 Å². The van der Waals surface area contributed by atoms with Crippen molar-refractivity contribution in [3.63, 3.8) is 0 Å². The highest BCUT2D eigenvalue weighted by atomic mass is 19.1. The van der Waals surface area contributed by atoms with E-state index in [4.69, 9.17) is 9.84 Å². The summed E-state index contributed by atoms with van der Waals surface area (Å²) in [6.45, 7) is 1.81. The third-order valence-corrected chi connectivity index (χ3v) is 4.92. The summed E-state index contributed by atoms with van der Waals surface area (Å²) in [6.07, 6.45) is 2.52. The van der Waals surface area contributed by atoms with E-state index in [1.807, 2.05) is 24.1 Å². The van der Waals surface area contributed by atoms with Gasteiger partial charge in [-0.15, -0.1) is 5.10 Å². The molecule has 0 N–H and O–H groups in total. The summed E-state index contributed by atoms with van der Waals surface area (Å²) >= 11 is 0. The van der Waals surface area contributed by atoms with Crippen molar-refractivity contribution in [2.24, 2.45) is 0 Å². The number of pyridine rings is 1. The fourth-order valence-corrected chi connectivity index (χ4v) is 3.40. The van der Waals surface area contributed by atoms with E-state index in [-0.39, 0.29) is 11.7 Å². The van der Waals surface area contributed by atoms with E-state index in [0.29, 0.717) is 24.8 Å². The van der Waals surface area contributed by atoms with Gasteiger partial charge in [0.1, 0.15) is 5.82 Å². The smallest absolute Gasteiger partial charge is 0.242 e. The van der Waals surface area contributed by atoms with Crippen molar-refractivity contribution in [3.05, 3.63) is 54.5 Å². The van der Waals surface area contributed by atoms with E-state index in [0.717, 1.165) is 29.9 Å². The minimum atomic E-state index is -0.308. The van der Waals surface area contributed by atoms with Gasteiger partial charge in [0.15, 0.2) is 5.82 Å². The number of carbonyl (C=O) groups excluding carboxylic acids is 1. The van der Waals surface area contributed by atoms with Crippen molar-refractivity contribution in [2.45, 2.75) is 6.42 Å². The van der Waals surface area contributed by atoms with Crippen LogP contribution in [-0.4, -0.2) is 59.4 Å². The second-order valence-corrected chi connectivity index (χ2v) is 7.00. The Morgan fingerprint density at radius 1 is 1.10 bits per heavy atom. The lowest BCUT2D eigenvalue weighted by Crippen LogP contribution is -2.35. The molecule has 0 bridgehead atoms. The SMILES string of the molecule is COc1ccc(-n2nc(N3CCCN(C)CC3=O)cc2-c2ccc(F)cc2)cn1. The fourth-order valence-electron chi connectivity index (χ4n) is 3.40. The number of aromatic nitrogens is 3. The number of carbonyl (C=O) groups is 1. The summed E-state index contributed by atoms with van der Waals surface area (Å²) < 4.78 is 20.3. The highest BCUT2D eigenvalue weighted by Gasteiger charge is 2.24. The molecular formula is C21H22FN5O2. The second kappa shape index (κ2) is 8.00. The van der Waals surface area contributed by atoms with Crippen LogP contribution in [0.25, 0.3) is 16.9 Å². The Balaban J connectivity index is 1.79. The predicted octanol–water partition coefficient (Wildman–Crippen LogP) is 2.75. The van der Waals surface area contributed by atoms with Crippen LogP contribution in [0.5, 0.6) is 5.88 Å². The standard InChI is InChI=1S/C21H22FN5O2/c1-25-10-3-11-26(21(28)14-25)19-12-18(15-4-6-16(22)7-5-15)27(24-19)17-8-9-20(29-2)23-13-17/h4-9,12-13H,3,10-11,14H2,1-2H3. The zero-order valence-corrected chi connectivity index (χ0v) is 16.4. The summed E-state index contributed by atoms with van der Waals surface area (Å²) in [5.41, 5.74) is 2.26. The molecule has 150 valence electrons. The van der Waals surface area contributed by atoms with Crippen LogP contribution in [0, 0.1) is 5.82 Å². The first-order valence-corrected chi connectivity index (χ1v) is 9.40. The lowest BCUT2D eigenvalue weighted by molar-refractivity contribution is -0.118. The number of halogens is 1. The zero-order chi connectivity index (χ0) is 20.4. The number of anilines is 1. The topological polar surface area (TPSA) is 63.5 Å². The van der Waals surface area contributed by atoms with Crippen LogP contribution < -0.4 is 9.64 Å². The Hall–Kier alpha value is -3.26. The first kappa shape index (κ1) is 19.1. The van der Waals surface area contributed by atoms with E-state index in [1.165, 1.54) is 12.1 Å². The van der Waals surface area contributed by atoms with E-state index < -0.39 is 0 Å². The molecule has 7 nitrogen and oxygen atoms in total. The minimum absolute atomic E-state index is 0.00756. The largest absolute Gasteiger partial charge is 0.481 e. The van der Waals surface area contributed by atoms with Crippen molar-refractivity contribution in [3.8, 4) is 22.8 Å². The number of methoxy groups -OCH3 is 1. The molecular weight excluding hydrogens is 373 g/mol. The van der Waals surface area contributed by atoms with Crippen molar-refractivity contribution < 1.29 is 13.9 Å². The Bertz CT molecular complexity index is 1000. The summed E-state index contributed by atoms with van der Waals surface area (Å²) in [7, 11) is 3.49. The van der Waals surface area contributed by atoms with Crippen LogP contribution in [0.15, 0.2) is 48.7 Å². The molecule has 3 aromatic rings. The summed E-state index contributed by atoms with van der Waals surface area (Å²) in [6, 6.07) is 11.7. The lowest BCUT2D eigenvalue weighted by atomic mass is 10.1. The van der Waals surface area contributed by atoms with Crippen LogP contribution >= 0.6 is 0 Å². The van der Waals surface area contributed by atoms with E-state index in [2.05, 4.69) is 4.98 Å². The van der Waals surface area contributed by atoms with Gasteiger partial charge < -0.3 is 4.74 Å². The molecule has 3 heterocycles. The number of likely N-dealkylation sites (N-methyl/N-ethyl adjacent to an activating group) is 1. The van der Waals surface area contributed by atoms with Gasteiger partial charge in [0.25, 0.3) is 0 Å². The second-order valence-electron chi connectivity index (χ2n) is 7.00. The van der Waals surface area contributed by atoms with Crippen molar-refractivity contribution in [1.82, 2.24) is 19.7 Å². The van der Waals surface area contributed by atoms with Gasteiger partial charge >= 0.3 is 0 Å². The average Bonchev–Trinajstić information content (AvgIpc) is 3.08. The molecule has 1 aliphatic heterocycles. The van der Waals surface area contributed by atoms with Gasteiger partial charge in [-0.05, 0) is 43.8 Å². The highest BCUT2D eigenvalue weighted by Crippen LogP contribution is 2.29. The first-order chi connectivity index (χ1) is 14.0. The molecule has 1 amide bonds. The van der Waals surface area contributed by atoms with Gasteiger partial charge in [-0.2, -0.15) is 0 Å². The molecule has 1 fully saturated rings. The number of ether oxygens (including phenoxy) is 1. The third kappa shape index (κ3) is 3.97. The normalized spacial score (nSPS) is 15.4. The Morgan fingerprint density at radius 2 is 1.90 bits per heavy atom. The van der Waals surface area contributed by atoms with Crippen LogP contribution in [0.1, 0.15) is 6.42 Å². The molecule has 0 saturated carbocycles. The van der Waals surface area contributed by atoms with E-state index in [9.17, 15) is 9.18 Å². The maximum Gasteiger partial charge on any atom is 0.242 e. The Morgan fingerprint density at radius 3 is 2.59 bits per heavy atom. The van der Waals surface area contributed by atoms with Crippen molar-refractivity contribution in [2.75, 3.05) is 38.7 Å². The number of rotatable bonds is 4. The van der Waals surface area contributed by atoms with Gasteiger partial charge in [-0.3, -0.25) is 14.6 Å². The van der Waals surface area contributed by atoms with Crippen molar-refractivity contribution in [1.29, 1.82) is 0 Å². The minimum Gasteiger partial charge on any atom is -0.481 e. The van der Waals surface area contributed by atoms with E-state index >= 15 is 0 Å². The molecule has 1 saturated heterocycles. The summed E-state index contributed by atoms with van der Waals surface area (Å²) in [4.78, 5) is 20.7. The number of nitrogens with zero attached hydrogens (tertiary/aromatic N) is 5. The lowest BCUT2D eigenvalue weighted by Gasteiger charge is -2.17. The van der Waals surface area contributed by atoms with Crippen LogP contribution in [-0.2, 0) is 4.79 Å². The van der Waals surface area contributed by atoms with E-state index in [1.54, 1.807) is 41.1 Å². The molecule has 29 heavy (non-hydrogen) atoms. The summed E-state index contributed by atoms with van der Waals surface area (Å²) in [5, 5.41) is 4.70. The van der Waals surface area contributed by atoms with Crippen molar-refractivity contribution >= 4 is 11.7 Å². The molecule has 4 rings (SSSR count). The molecule has 0 aliphatic carbocycles. The Labute approximate surface area is 168 Å². The van der Waals surface area contributed by atoms with Gasteiger partial charge in [-0.1, -0.05) is 0 Å². The molecule has 1 aliphatic rings. The molecule has 1 aromatic carbocycles. The third-order valence-electron chi connectivity index (χ3n) is 4.92. The molecule has 2 aromatic heterocycles. The van der Waals surface area contributed by atoms with Gasteiger partial charge in [-0.25, -0.2) is 14.1 Å². The summed E-state index contributed by atoms with van der Waals surface area (Å²) in [5.74, 6) is 0.765. The zero-order valence-electron chi connectivity index (χ0n) is 16.4. The van der Waals surface area contributed by atoms with Gasteiger partial charge in [0, 0.05) is 30.8 Å². The number of hydrogen-bond acceptors (Lipinski definition) is 5. The van der Waals surface area contributed by atoms with Crippen LogP contribution in [0.4, 0.5) is 10.2 Å². The predicted molar refractivity (Wildman–Crippen MR) is 108 cm³/mol. The molecule has 0 unspecified atom stereocenters. The highest BCUT2D eigenvalue weighted by molar-refractivity contribution is 5.94. The Kier molecular flexibility index (Phi) is 5.26. The molecule has 0 atom stereocenters. The van der Waals surface area contributed by atoms with Crippen LogP contribution in [0.3, 0.4) is 0 Å². The average molecular weight is 395 g/mol. The maximum atomic E-state index is 13.4. The monoisotopic (exact) mass is 395 g/mol. The van der Waals surface area contributed by atoms with Crippen LogP contribution in [0.2, 0.25) is 0 Å². The number of amides is 1. The maximum absolute atomic E-state index is 13.4. The quantitative estimate of drug-likeness (QED) is 0.680. The molecule has 0 spiro atoms. The number of benzene rings is 1. The molecule has 0 radical (unpaired) electrons. The van der Waals surface area contributed by atoms with Gasteiger partial charge in [0.05, 0.1) is 31.2 Å². The number of hydrogen-bond donors (Lipinski definition) is 0. The molecule has 8 heteroatoms. The fraction of sp³-hybridized carbons (Fsp3) is 0.286.